The van der Waals surface area contributed by atoms with E-state index in [1.807, 2.05) is 24.3 Å². The van der Waals surface area contributed by atoms with Crippen LogP contribution in [-0.2, 0) is 9.53 Å². The fraction of sp³-hybridized carbons (Fsp3) is 0.542. The molecule has 0 spiro atoms. The minimum absolute atomic E-state index is 0.0501. The summed E-state index contributed by atoms with van der Waals surface area (Å²) in [6.07, 6.45) is 9.07. The summed E-state index contributed by atoms with van der Waals surface area (Å²) in [5.74, 6) is 2.04. The molecular weight excluding hydrogens is 412 g/mol. The summed E-state index contributed by atoms with van der Waals surface area (Å²) in [6, 6.07) is 8.00. The largest absolute Gasteiger partial charge is 0.381 e. The Kier molecular flexibility index (Phi) is 7.41. The standard InChI is InChI=1S/C24H31ClN4O2/c1-16(17-10-12-31-13-11-17)27-22-9-5-8-21(28-22)19-14-23(26-15-20(19)25)29-24(30)18-6-3-2-4-7-18/h5,8-9,14-18H,2-4,6-7,10-13H2,1H3,(H,27,28)(H,26,29,30)/t16-/m0/s1. The lowest BCUT2D eigenvalue weighted by molar-refractivity contribution is -0.120. The van der Waals surface area contributed by atoms with E-state index < -0.39 is 0 Å². The van der Waals surface area contributed by atoms with Gasteiger partial charge in [-0.25, -0.2) is 9.97 Å². The van der Waals surface area contributed by atoms with Crippen LogP contribution in [0.15, 0.2) is 30.5 Å². The highest BCUT2D eigenvalue weighted by molar-refractivity contribution is 6.33. The molecule has 2 aliphatic rings. The Balaban J connectivity index is 1.47. The lowest BCUT2D eigenvalue weighted by Crippen LogP contribution is -2.31. The molecule has 2 fully saturated rings. The Labute approximate surface area is 189 Å². The highest BCUT2D eigenvalue weighted by atomic mass is 35.5. The van der Waals surface area contributed by atoms with E-state index in [1.165, 1.54) is 6.42 Å². The molecule has 1 saturated carbocycles. The van der Waals surface area contributed by atoms with Crippen LogP contribution in [0.5, 0.6) is 0 Å². The van der Waals surface area contributed by atoms with E-state index in [0.29, 0.717) is 22.8 Å². The van der Waals surface area contributed by atoms with Crippen LogP contribution in [0.3, 0.4) is 0 Å². The van der Waals surface area contributed by atoms with Crippen molar-refractivity contribution < 1.29 is 9.53 Å². The minimum Gasteiger partial charge on any atom is -0.381 e. The van der Waals surface area contributed by atoms with E-state index in [4.69, 9.17) is 21.3 Å². The summed E-state index contributed by atoms with van der Waals surface area (Å²) in [5.41, 5.74) is 1.52. The molecule has 3 heterocycles. The second-order valence-electron chi connectivity index (χ2n) is 8.66. The van der Waals surface area contributed by atoms with E-state index in [-0.39, 0.29) is 11.8 Å². The first kappa shape index (κ1) is 22.0. The Morgan fingerprint density at radius 2 is 1.90 bits per heavy atom. The van der Waals surface area contributed by atoms with Crippen LogP contribution in [0.1, 0.15) is 51.9 Å². The van der Waals surface area contributed by atoms with Crippen molar-refractivity contribution in [2.75, 3.05) is 23.8 Å². The number of carbonyl (C=O) groups excluding carboxylic acids is 1. The van der Waals surface area contributed by atoms with Crippen LogP contribution in [0.4, 0.5) is 11.6 Å². The van der Waals surface area contributed by atoms with Crippen LogP contribution < -0.4 is 10.6 Å². The third kappa shape index (κ3) is 5.74. The summed E-state index contributed by atoms with van der Waals surface area (Å²) in [4.78, 5) is 21.7. The van der Waals surface area contributed by atoms with Crippen molar-refractivity contribution in [1.29, 1.82) is 0 Å². The molecule has 0 unspecified atom stereocenters. The van der Waals surface area contributed by atoms with Crippen molar-refractivity contribution in [3.05, 3.63) is 35.5 Å². The van der Waals surface area contributed by atoms with Gasteiger partial charge in [-0.1, -0.05) is 36.9 Å². The van der Waals surface area contributed by atoms with E-state index >= 15 is 0 Å². The maximum Gasteiger partial charge on any atom is 0.228 e. The van der Waals surface area contributed by atoms with Gasteiger partial charge in [0.1, 0.15) is 11.6 Å². The number of aromatic nitrogens is 2. The fourth-order valence-corrected chi connectivity index (χ4v) is 4.73. The molecule has 7 heteroatoms. The molecule has 1 aliphatic heterocycles. The SMILES string of the molecule is C[C@H](Nc1cccc(-c2cc(NC(=O)C3CCCCC3)ncc2Cl)n1)C1CCOCC1. The molecule has 1 saturated heterocycles. The van der Waals surface area contributed by atoms with E-state index in [9.17, 15) is 4.79 Å². The second-order valence-corrected chi connectivity index (χ2v) is 9.07. The molecule has 2 aromatic heterocycles. The topological polar surface area (TPSA) is 76.1 Å². The number of hydrogen-bond donors (Lipinski definition) is 2. The van der Waals surface area contributed by atoms with Gasteiger partial charge >= 0.3 is 0 Å². The van der Waals surface area contributed by atoms with Gasteiger partial charge in [-0.05, 0) is 56.7 Å². The van der Waals surface area contributed by atoms with Gasteiger partial charge in [0, 0.05) is 36.9 Å². The molecule has 2 N–H and O–H groups in total. The Morgan fingerprint density at radius 1 is 1.13 bits per heavy atom. The predicted octanol–water partition coefficient (Wildman–Crippen LogP) is 5.54. The second kappa shape index (κ2) is 10.4. The van der Waals surface area contributed by atoms with Crippen molar-refractivity contribution in [2.45, 2.75) is 57.9 Å². The van der Waals surface area contributed by atoms with Crippen LogP contribution in [0, 0.1) is 11.8 Å². The fourth-order valence-electron chi connectivity index (χ4n) is 4.53. The smallest absolute Gasteiger partial charge is 0.228 e. The van der Waals surface area contributed by atoms with Crippen LogP contribution >= 0.6 is 11.6 Å². The zero-order valence-electron chi connectivity index (χ0n) is 18.1. The minimum atomic E-state index is 0.0501. The first-order valence-corrected chi connectivity index (χ1v) is 11.8. The lowest BCUT2D eigenvalue weighted by atomic mass is 9.89. The van der Waals surface area contributed by atoms with Gasteiger partial charge in [-0.2, -0.15) is 0 Å². The van der Waals surface area contributed by atoms with E-state index in [2.05, 4.69) is 22.5 Å². The third-order valence-electron chi connectivity index (χ3n) is 6.46. The van der Waals surface area contributed by atoms with Gasteiger partial charge in [-0.3, -0.25) is 4.79 Å². The molecular formula is C24H31ClN4O2. The monoisotopic (exact) mass is 442 g/mol. The van der Waals surface area contributed by atoms with Gasteiger partial charge < -0.3 is 15.4 Å². The molecule has 1 atom stereocenters. The molecule has 0 aromatic carbocycles. The van der Waals surface area contributed by atoms with Crippen LogP contribution in [0.2, 0.25) is 5.02 Å². The maximum absolute atomic E-state index is 12.6. The third-order valence-corrected chi connectivity index (χ3v) is 6.76. The summed E-state index contributed by atoms with van der Waals surface area (Å²) < 4.78 is 5.47. The van der Waals surface area contributed by atoms with Gasteiger partial charge in [0.2, 0.25) is 5.91 Å². The lowest BCUT2D eigenvalue weighted by Gasteiger charge is -2.28. The zero-order valence-corrected chi connectivity index (χ0v) is 18.8. The number of hydrogen-bond acceptors (Lipinski definition) is 5. The number of nitrogens with one attached hydrogen (secondary N) is 2. The molecule has 1 aliphatic carbocycles. The summed E-state index contributed by atoms with van der Waals surface area (Å²) in [6.45, 7) is 3.85. The molecule has 1 amide bonds. The van der Waals surface area contributed by atoms with Crippen molar-refractivity contribution in [3.63, 3.8) is 0 Å². The van der Waals surface area contributed by atoms with Gasteiger partial charge in [-0.15, -0.1) is 0 Å². The Morgan fingerprint density at radius 3 is 2.68 bits per heavy atom. The number of halogens is 1. The molecule has 4 rings (SSSR count). The van der Waals surface area contributed by atoms with E-state index in [1.54, 1.807) is 6.20 Å². The van der Waals surface area contributed by atoms with Crippen LogP contribution in [0.25, 0.3) is 11.3 Å². The van der Waals surface area contributed by atoms with Gasteiger partial charge in [0.15, 0.2) is 0 Å². The van der Waals surface area contributed by atoms with Crippen molar-refractivity contribution >= 4 is 29.1 Å². The molecule has 0 radical (unpaired) electrons. The number of nitrogens with zero attached hydrogens (tertiary/aromatic N) is 2. The van der Waals surface area contributed by atoms with Gasteiger partial charge in [0.05, 0.1) is 10.7 Å². The van der Waals surface area contributed by atoms with E-state index in [0.717, 1.165) is 68.8 Å². The highest BCUT2D eigenvalue weighted by Gasteiger charge is 2.22. The first-order chi connectivity index (χ1) is 15.1. The molecule has 166 valence electrons. The Bertz CT molecular complexity index is 895. The average molecular weight is 443 g/mol. The first-order valence-electron chi connectivity index (χ1n) is 11.4. The number of pyridine rings is 2. The number of anilines is 2. The predicted molar refractivity (Wildman–Crippen MR) is 124 cm³/mol. The number of rotatable bonds is 6. The molecule has 6 nitrogen and oxygen atoms in total. The number of amides is 1. The molecule has 2 aromatic rings. The highest BCUT2D eigenvalue weighted by Crippen LogP contribution is 2.30. The zero-order chi connectivity index (χ0) is 21.6. The summed E-state index contributed by atoms with van der Waals surface area (Å²) >= 11 is 6.45. The maximum atomic E-state index is 12.6. The summed E-state index contributed by atoms with van der Waals surface area (Å²) in [7, 11) is 0. The Hall–Kier alpha value is -2.18. The number of ether oxygens (including phenoxy) is 1. The average Bonchev–Trinajstić information content (AvgIpc) is 2.81. The van der Waals surface area contributed by atoms with Crippen molar-refractivity contribution in [3.8, 4) is 11.3 Å². The van der Waals surface area contributed by atoms with Crippen LogP contribution in [-0.4, -0.2) is 35.1 Å². The van der Waals surface area contributed by atoms with Crippen molar-refractivity contribution in [1.82, 2.24) is 9.97 Å². The van der Waals surface area contributed by atoms with Gasteiger partial charge in [0.25, 0.3) is 0 Å². The van der Waals surface area contributed by atoms with Crippen molar-refractivity contribution in [2.24, 2.45) is 11.8 Å². The normalized spacial score (nSPS) is 19.0. The molecule has 31 heavy (non-hydrogen) atoms. The summed E-state index contributed by atoms with van der Waals surface area (Å²) in [5, 5.41) is 7.02. The molecule has 0 bridgehead atoms. The quantitative estimate of drug-likeness (QED) is 0.613. The number of carbonyl (C=O) groups is 1.